The third-order valence-corrected chi connectivity index (χ3v) is 4.59. The molecule has 0 saturated carbocycles. The van der Waals surface area contributed by atoms with Crippen molar-refractivity contribution >= 4 is 27.7 Å². The van der Waals surface area contributed by atoms with Gasteiger partial charge in [-0.1, -0.05) is 46.3 Å². The molecule has 1 unspecified atom stereocenters. The van der Waals surface area contributed by atoms with E-state index in [1.807, 2.05) is 0 Å². The Morgan fingerprint density at radius 3 is 2.34 bits per heavy atom. The van der Waals surface area contributed by atoms with E-state index < -0.39 is 12.4 Å². The van der Waals surface area contributed by atoms with Gasteiger partial charge in [-0.05, 0) is 23.8 Å². The number of benzene rings is 2. The second-order valence-electron chi connectivity index (χ2n) is 6.41. The lowest BCUT2D eigenvalue weighted by atomic mass is 10.0. The molecule has 2 aromatic rings. The normalized spacial score (nSPS) is 12.2. The molecule has 0 aromatic heterocycles. The van der Waals surface area contributed by atoms with Gasteiger partial charge in [0.1, 0.15) is 5.75 Å². The van der Waals surface area contributed by atoms with E-state index in [0.717, 1.165) is 10.0 Å². The number of para-hydroxylation sites is 1. The Morgan fingerprint density at radius 2 is 1.76 bits per heavy atom. The quantitative estimate of drug-likeness (QED) is 0.641. The molecule has 0 bridgehead atoms. The first-order valence-electron chi connectivity index (χ1n) is 8.65. The molecule has 0 fully saturated rings. The van der Waals surface area contributed by atoms with Crippen LogP contribution in [-0.2, 0) is 16.1 Å². The fraction of sp³-hybridized carbons (Fsp3) is 0.300. The molecule has 2 amide bonds. The largest absolute Gasteiger partial charge is 0.573 e. The van der Waals surface area contributed by atoms with Crippen LogP contribution in [0, 0.1) is 0 Å². The minimum atomic E-state index is -4.82. The molecule has 0 saturated heterocycles. The second kappa shape index (κ2) is 9.78. The van der Waals surface area contributed by atoms with Crippen LogP contribution in [0.2, 0.25) is 0 Å². The molecule has 5 nitrogen and oxygen atoms in total. The van der Waals surface area contributed by atoms with Gasteiger partial charge in [-0.15, -0.1) is 13.2 Å². The van der Waals surface area contributed by atoms with E-state index in [4.69, 9.17) is 0 Å². The number of halogens is 4. The third kappa shape index (κ3) is 7.41. The maximum Gasteiger partial charge on any atom is 0.573 e. The molecule has 156 valence electrons. The van der Waals surface area contributed by atoms with Crippen molar-refractivity contribution in [2.24, 2.45) is 0 Å². The van der Waals surface area contributed by atoms with Crippen molar-refractivity contribution in [2.45, 2.75) is 32.3 Å². The lowest BCUT2D eigenvalue weighted by Crippen LogP contribution is -2.33. The molecule has 0 heterocycles. The maximum atomic E-state index is 12.7. The minimum Gasteiger partial charge on any atom is -0.405 e. The number of rotatable bonds is 7. The molecule has 0 aliphatic heterocycles. The SMILES string of the molecule is CC(=O)NC(CC(=O)N(C)Cc1ccccc1OC(F)(F)F)c1ccc(Br)cc1. The molecule has 0 aliphatic carbocycles. The van der Waals surface area contributed by atoms with Gasteiger partial charge in [0.15, 0.2) is 0 Å². The van der Waals surface area contributed by atoms with Crippen LogP contribution in [0.5, 0.6) is 5.75 Å². The highest BCUT2D eigenvalue weighted by Crippen LogP contribution is 2.27. The van der Waals surface area contributed by atoms with Crippen LogP contribution in [0.1, 0.15) is 30.5 Å². The molecule has 9 heteroatoms. The molecule has 2 rings (SSSR count). The Labute approximate surface area is 175 Å². The van der Waals surface area contributed by atoms with Crippen LogP contribution in [-0.4, -0.2) is 30.1 Å². The average molecular weight is 473 g/mol. The molecule has 0 aliphatic rings. The number of carbonyl (C=O) groups is 2. The molecular formula is C20H20BrF3N2O3. The van der Waals surface area contributed by atoms with Gasteiger partial charge in [0.2, 0.25) is 11.8 Å². The van der Waals surface area contributed by atoms with Crippen LogP contribution in [0.4, 0.5) is 13.2 Å². The zero-order chi connectivity index (χ0) is 21.6. The summed E-state index contributed by atoms with van der Waals surface area (Å²) in [5, 5.41) is 2.73. The summed E-state index contributed by atoms with van der Waals surface area (Å²) in [6, 6.07) is 12.2. The van der Waals surface area contributed by atoms with Gasteiger partial charge in [-0.3, -0.25) is 9.59 Å². The number of nitrogens with one attached hydrogen (secondary N) is 1. The number of nitrogens with zero attached hydrogens (tertiary/aromatic N) is 1. The first-order chi connectivity index (χ1) is 13.5. The van der Waals surface area contributed by atoms with Gasteiger partial charge in [-0.25, -0.2) is 0 Å². The predicted octanol–water partition coefficient (Wildman–Crippen LogP) is 4.57. The van der Waals surface area contributed by atoms with E-state index in [1.54, 1.807) is 30.3 Å². The van der Waals surface area contributed by atoms with Crippen molar-refractivity contribution in [1.82, 2.24) is 10.2 Å². The van der Waals surface area contributed by atoms with Crippen molar-refractivity contribution in [1.29, 1.82) is 0 Å². The van der Waals surface area contributed by atoms with E-state index in [9.17, 15) is 22.8 Å². The summed E-state index contributed by atoms with van der Waals surface area (Å²) in [4.78, 5) is 25.5. The Balaban J connectivity index is 2.12. The van der Waals surface area contributed by atoms with Crippen molar-refractivity contribution in [3.8, 4) is 5.75 Å². The van der Waals surface area contributed by atoms with E-state index >= 15 is 0 Å². The number of alkyl halides is 3. The summed E-state index contributed by atoms with van der Waals surface area (Å²) in [6.07, 6.45) is -4.86. The van der Waals surface area contributed by atoms with E-state index in [2.05, 4.69) is 26.0 Å². The summed E-state index contributed by atoms with van der Waals surface area (Å²) in [5.74, 6) is -0.989. The topological polar surface area (TPSA) is 58.6 Å². The number of hydrogen-bond donors (Lipinski definition) is 1. The number of carbonyl (C=O) groups excluding carboxylic acids is 2. The highest BCUT2D eigenvalue weighted by Gasteiger charge is 2.32. The van der Waals surface area contributed by atoms with E-state index in [1.165, 1.54) is 37.1 Å². The van der Waals surface area contributed by atoms with Crippen molar-refractivity contribution in [2.75, 3.05) is 7.05 Å². The highest BCUT2D eigenvalue weighted by atomic mass is 79.9. The van der Waals surface area contributed by atoms with Crippen LogP contribution in [0.15, 0.2) is 53.0 Å². The number of amides is 2. The van der Waals surface area contributed by atoms with Gasteiger partial charge in [-0.2, -0.15) is 0 Å². The molecule has 1 atom stereocenters. The summed E-state index contributed by atoms with van der Waals surface area (Å²) in [5.41, 5.74) is 0.964. The van der Waals surface area contributed by atoms with Crippen LogP contribution < -0.4 is 10.1 Å². The molecular weight excluding hydrogens is 453 g/mol. The first-order valence-corrected chi connectivity index (χ1v) is 9.44. The van der Waals surface area contributed by atoms with Gasteiger partial charge >= 0.3 is 6.36 Å². The summed E-state index contributed by atoms with van der Waals surface area (Å²) in [7, 11) is 1.49. The van der Waals surface area contributed by atoms with Crippen molar-refractivity contribution in [3.63, 3.8) is 0 Å². The van der Waals surface area contributed by atoms with E-state index in [-0.39, 0.29) is 36.1 Å². The van der Waals surface area contributed by atoms with Crippen LogP contribution >= 0.6 is 15.9 Å². The number of ether oxygens (including phenoxy) is 1. The molecule has 1 N–H and O–H groups in total. The predicted molar refractivity (Wildman–Crippen MR) is 105 cm³/mol. The zero-order valence-corrected chi connectivity index (χ0v) is 17.4. The van der Waals surface area contributed by atoms with E-state index in [0.29, 0.717) is 0 Å². The average Bonchev–Trinajstić information content (AvgIpc) is 2.61. The Kier molecular flexibility index (Phi) is 7.66. The Hall–Kier alpha value is -2.55. The number of hydrogen-bond acceptors (Lipinski definition) is 3. The van der Waals surface area contributed by atoms with Gasteiger partial charge in [0.25, 0.3) is 0 Å². The zero-order valence-electron chi connectivity index (χ0n) is 15.8. The summed E-state index contributed by atoms with van der Waals surface area (Å²) in [6.45, 7) is 1.28. The van der Waals surface area contributed by atoms with Gasteiger partial charge in [0.05, 0.1) is 12.5 Å². The van der Waals surface area contributed by atoms with Gasteiger partial charge < -0.3 is 15.0 Å². The Morgan fingerprint density at radius 1 is 1.14 bits per heavy atom. The molecule has 29 heavy (non-hydrogen) atoms. The third-order valence-electron chi connectivity index (χ3n) is 4.06. The second-order valence-corrected chi connectivity index (χ2v) is 7.33. The van der Waals surface area contributed by atoms with Crippen LogP contribution in [0.25, 0.3) is 0 Å². The summed E-state index contributed by atoms with van der Waals surface area (Å²) < 4.78 is 42.6. The summed E-state index contributed by atoms with van der Waals surface area (Å²) >= 11 is 3.33. The lowest BCUT2D eigenvalue weighted by molar-refractivity contribution is -0.275. The fourth-order valence-corrected chi connectivity index (χ4v) is 2.99. The van der Waals surface area contributed by atoms with Crippen molar-refractivity contribution in [3.05, 3.63) is 64.1 Å². The highest BCUT2D eigenvalue weighted by molar-refractivity contribution is 9.10. The standard InChI is InChI=1S/C20H20BrF3N2O3/c1-13(27)25-17(14-7-9-16(21)10-8-14)11-19(28)26(2)12-15-5-3-4-6-18(15)29-20(22,23)24/h3-10,17H,11-12H2,1-2H3,(H,25,27). The first kappa shape index (κ1) is 22.7. The van der Waals surface area contributed by atoms with Crippen molar-refractivity contribution < 1.29 is 27.5 Å². The van der Waals surface area contributed by atoms with Gasteiger partial charge in [0, 0.05) is 30.6 Å². The lowest BCUT2D eigenvalue weighted by Gasteiger charge is -2.23. The minimum absolute atomic E-state index is 0.0417. The molecule has 0 radical (unpaired) electrons. The smallest absolute Gasteiger partial charge is 0.405 e. The van der Waals surface area contributed by atoms with Crippen LogP contribution in [0.3, 0.4) is 0 Å². The molecule has 2 aromatic carbocycles. The maximum absolute atomic E-state index is 12.7. The molecule has 0 spiro atoms. The fourth-order valence-electron chi connectivity index (χ4n) is 2.73. The monoisotopic (exact) mass is 472 g/mol. The Bertz CT molecular complexity index is 857.